The molecule has 0 aliphatic heterocycles. The zero-order valence-corrected chi connectivity index (χ0v) is 11.3. The Hall–Kier alpha value is -2.30. The Bertz CT molecular complexity index is 643. The van der Waals surface area contributed by atoms with Crippen LogP contribution in [0.25, 0.3) is 11.5 Å². The van der Waals surface area contributed by atoms with Gasteiger partial charge in [0.25, 0.3) is 0 Å². The van der Waals surface area contributed by atoms with E-state index in [-0.39, 0.29) is 17.3 Å². The van der Waals surface area contributed by atoms with Crippen LogP contribution in [0.5, 0.6) is 5.75 Å². The Morgan fingerprint density at radius 3 is 2.53 bits per heavy atom. The van der Waals surface area contributed by atoms with Crippen molar-refractivity contribution in [1.82, 2.24) is 4.98 Å². The number of hydrogen-bond donors (Lipinski definition) is 1. The molecule has 0 aliphatic carbocycles. The van der Waals surface area contributed by atoms with E-state index in [0.717, 1.165) is 11.1 Å². The minimum Gasteiger partial charge on any atom is -0.496 e. The monoisotopic (exact) mass is 261 g/mol. The topological polar surface area (TPSA) is 72.6 Å². The molecule has 0 radical (unpaired) electrons. The van der Waals surface area contributed by atoms with Crippen LogP contribution in [0.15, 0.2) is 16.5 Å². The van der Waals surface area contributed by atoms with E-state index in [1.54, 1.807) is 14.0 Å². The molecule has 0 spiro atoms. The Balaban J connectivity index is 2.64. The van der Waals surface area contributed by atoms with Crippen LogP contribution in [0.4, 0.5) is 0 Å². The molecule has 0 atom stereocenters. The van der Waals surface area contributed by atoms with Crippen molar-refractivity contribution in [2.75, 3.05) is 7.11 Å². The van der Waals surface area contributed by atoms with Crippen LogP contribution in [0.3, 0.4) is 0 Å². The van der Waals surface area contributed by atoms with Crippen molar-refractivity contribution < 1.29 is 19.1 Å². The molecule has 0 saturated heterocycles. The molecule has 0 amide bonds. The minimum absolute atomic E-state index is 0.0730. The summed E-state index contributed by atoms with van der Waals surface area (Å²) in [5.41, 5.74) is 2.57. The molecule has 2 rings (SSSR count). The van der Waals surface area contributed by atoms with Gasteiger partial charge in [-0.05, 0) is 38.0 Å². The van der Waals surface area contributed by atoms with E-state index in [9.17, 15) is 4.79 Å². The number of carboxylic acids is 1. The fraction of sp³-hybridized carbons (Fsp3) is 0.286. The lowest BCUT2D eigenvalue weighted by molar-refractivity contribution is 0.0689. The van der Waals surface area contributed by atoms with Crippen LogP contribution in [-0.2, 0) is 0 Å². The average Bonchev–Trinajstić information content (AvgIpc) is 2.70. The summed E-state index contributed by atoms with van der Waals surface area (Å²) < 4.78 is 10.8. The molecule has 1 N–H and O–H groups in total. The van der Waals surface area contributed by atoms with Crippen molar-refractivity contribution in [3.63, 3.8) is 0 Å². The number of aromatic carboxylic acids is 1. The highest BCUT2D eigenvalue weighted by molar-refractivity contribution is 5.87. The van der Waals surface area contributed by atoms with Crippen molar-refractivity contribution in [3.05, 3.63) is 34.7 Å². The summed E-state index contributed by atoms with van der Waals surface area (Å²) in [4.78, 5) is 15.0. The number of carboxylic acid groups (broad SMARTS) is 1. The normalized spacial score (nSPS) is 10.5. The second-order valence-electron chi connectivity index (χ2n) is 4.39. The number of ether oxygens (including phenoxy) is 1. The minimum atomic E-state index is -1.10. The number of oxazole rings is 1. The van der Waals surface area contributed by atoms with Gasteiger partial charge in [0.2, 0.25) is 5.89 Å². The maximum absolute atomic E-state index is 11.0. The number of carbonyl (C=O) groups is 1. The van der Waals surface area contributed by atoms with Crippen LogP contribution in [0, 0.1) is 20.8 Å². The predicted octanol–water partition coefficient (Wildman–Crippen LogP) is 2.97. The van der Waals surface area contributed by atoms with E-state index in [1.165, 1.54) is 0 Å². The number of aromatic nitrogens is 1. The summed E-state index contributed by atoms with van der Waals surface area (Å²) in [7, 11) is 1.56. The Morgan fingerprint density at radius 2 is 2.00 bits per heavy atom. The second kappa shape index (κ2) is 4.76. The zero-order chi connectivity index (χ0) is 14.2. The predicted molar refractivity (Wildman–Crippen MR) is 69.7 cm³/mol. The smallest absolute Gasteiger partial charge is 0.358 e. The average molecular weight is 261 g/mol. The molecule has 1 aromatic carbocycles. The van der Waals surface area contributed by atoms with E-state index in [2.05, 4.69) is 4.98 Å². The molecule has 19 heavy (non-hydrogen) atoms. The van der Waals surface area contributed by atoms with Crippen LogP contribution in [0.1, 0.15) is 27.4 Å². The van der Waals surface area contributed by atoms with Gasteiger partial charge >= 0.3 is 5.97 Å². The number of rotatable bonds is 3. The Labute approximate surface area is 110 Å². The number of nitrogens with zero attached hydrogens (tertiary/aromatic N) is 1. The molecule has 1 heterocycles. The first-order chi connectivity index (χ1) is 8.93. The zero-order valence-electron chi connectivity index (χ0n) is 11.3. The van der Waals surface area contributed by atoms with Gasteiger partial charge in [0, 0.05) is 0 Å². The molecular formula is C14H15NO4. The van der Waals surface area contributed by atoms with Gasteiger partial charge in [-0.2, -0.15) is 0 Å². The van der Waals surface area contributed by atoms with Gasteiger partial charge < -0.3 is 14.3 Å². The third-order valence-electron chi connectivity index (χ3n) is 2.85. The quantitative estimate of drug-likeness (QED) is 0.919. The summed E-state index contributed by atoms with van der Waals surface area (Å²) in [5.74, 6) is 0.0851. The lowest BCUT2D eigenvalue weighted by Gasteiger charge is -2.10. The summed E-state index contributed by atoms with van der Waals surface area (Å²) in [6.45, 7) is 5.45. The molecule has 0 fully saturated rings. The van der Waals surface area contributed by atoms with Crippen LogP contribution in [0.2, 0.25) is 0 Å². The highest BCUT2D eigenvalue weighted by atomic mass is 16.5. The van der Waals surface area contributed by atoms with Gasteiger partial charge in [-0.15, -0.1) is 0 Å². The van der Waals surface area contributed by atoms with E-state index in [0.29, 0.717) is 11.3 Å². The van der Waals surface area contributed by atoms with Crippen LogP contribution < -0.4 is 4.74 Å². The number of hydrogen-bond acceptors (Lipinski definition) is 4. The van der Waals surface area contributed by atoms with Crippen molar-refractivity contribution in [1.29, 1.82) is 0 Å². The molecule has 0 saturated carbocycles. The highest BCUT2D eigenvalue weighted by Gasteiger charge is 2.20. The molecule has 100 valence electrons. The fourth-order valence-electron chi connectivity index (χ4n) is 2.09. The fourth-order valence-corrected chi connectivity index (χ4v) is 2.09. The molecule has 5 heteroatoms. The summed E-state index contributed by atoms with van der Waals surface area (Å²) in [5, 5.41) is 9.01. The molecule has 0 unspecified atom stereocenters. The third kappa shape index (κ3) is 2.31. The standard InChI is InChI=1S/C14H15NO4/c1-7-5-8(2)12(18-4)10(6-7)13-15-11(14(16)17)9(3)19-13/h5-6H,1-4H3,(H,16,17). The molecule has 0 bridgehead atoms. The second-order valence-corrected chi connectivity index (χ2v) is 4.39. The van der Waals surface area contributed by atoms with Crippen molar-refractivity contribution in [3.8, 4) is 17.2 Å². The number of benzene rings is 1. The van der Waals surface area contributed by atoms with Gasteiger partial charge in [-0.1, -0.05) is 6.07 Å². The maximum Gasteiger partial charge on any atom is 0.358 e. The van der Waals surface area contributed by atoms with Gasteiger partial charge in [-0.3, -0.25) is 0 Å². The largest absolute Gasteiger partial charge is 0.496 e. The molecule has 0 aliphatic rings. The lowest BCUT2D eigenvalue weighted by atomic mass is 10.1. The third-order valence-corrected chi connectivity index (χ3v) is 2.85. The van der Waals surface area contributed by atoms with Crippen LogP contribution in [-0.4, -0.2) is 23.2 Å². The lowest BCUT2D eigenvalue weighted by Crippen LogP contribution is -1.98. The van der Waals surface area contributed by atoms with Gasteiger partial charge in [-0.25, -0.2) is 9.78 Å². The van der Waals surface area contributed by atoms with Crippen molar-refractivity contribution in [2.45, 2.75) is 20.8 Å². The van der Waals surface area contributed by atoms with Gasteiger partial charge in [0.05, 0.1) is 12.7 Å². The van der Waals surface area contributed by atoms with E-state index < -0.39 is 5.97 Å². The molecule has 2 aromatic rings. The molecule has 5 nitrogen and oxygen atoms in total. The Morgan fingerprint density at radius 1 is 1.32 bits per heavy atom. The SMILES string of the molecule is COc1c(C)cc(C)cc1-c1nc(C(=O)O)c(C)o1. The van der Waals surface area contributed by atoms with E-state index in [1.807, 2.05) is 26.0 Å². The first-order valence-electron chi connectivity index (χ1n) is 5.80. The van der Waals surface area contributed by atoms with Crippen LogP contribution >= 0.6 is 0 Å². The highest BCUT2D eigenvalue weighted by Crippen LogP contribution is 2.34. The van der Waals surface area contributed by atoms with Crippen molar-refractivity contribution in [2.24, 2.45) is 0 Å². The van der Waals surface area contributed by atoms with E-state index in [4.69, 9.17) is 14.3 Å². The maximum atomic E-state index is 11.0. The summed E-state index contributed by atoms with van der Waals surface area (Å²) in [6, 6.07) is 3.85. The summed E-state index contributed by atoms with van der Waals surface area (Å²) >= 11 is 0. The van der Waals surface area contributed by atoms with E-state index >= 15 is 0 Å². The van der Waals surface area contributed by atoms with Gasteiger partial charge in [0.1, 0.15) is 11.5 Å². The summed E-state index contributed by atoms with van der Waals surface area (Å²) in [6.07, 6.45) is 0. The number of methoxy groups -OCH3 is 1. The molecular weight excluding hydrogens is 246 g/mol. The molecule has 1 aromatic heterocycles. The van der Waals surface area contributed by atoms with Gasteiger partial charge in [0.15, 0.2) is 5.69 Å². The van der Waals surface area contributed by atoms with Crippen molar-refractivity contribution >= 4 is 5.97 Å². The first kappa shape index (κ1) is 13.1. The number of aryl methyl sites for hydroxylation is 3. The first-order valence-corrected chi connectivity index (χ1v) is 5.80. The Kier molecular flexibility index (Phi) is 3.29.